The Morgan fingerprint density at radius 1 is 1.32 bits per heavy atom. The first-order chi connectivity index (χ1) is 10.1. The molecule has 22 heavy (non-hydrogen) atoms. The molecular weight excluding hydrogens is 306 g/mol. The predicted molar refractivity (Wildman–Crippen MR) is 82.7 cm³/mol. The molecule has 0 spiro atoms. The molecule has 0 aromatic heterocycles. The molecule has 7 heteroatoms. The Balaban J connectivity index is 3.32. The van der Waals surface area contributed by atoms with Gasteiger partial charge in [-0.05, 0) is 38.0 Å². The van der Waals surface area contributed by atoms with Crippen LogP contribution in [0, 0.1) is 6.92 Å². The van der Waals surface area contributed by atoms with E-state index in [1.807, 2.05) is 6.92 Å². The fourth-order valence-corrected chi connectivity index (χ4v) is 2.66. The van der Waals surface area contributed by atoms with Gasteiger partial charge < -0.3 is 10.0 Å². The highest BCUT2D eigenvalue weighted by molar-refractivity contribution is 7.90. The number of carboxylic acid groups (broad SMARTS) is 1. The van der Waals surface area contributed by atoms with Crippen molar-refractivity contribution in [3.8, 4) is 0 Å². The van der Waals surface area contributed by atoms with E-state index < -0.39 is 28.3 Å². The van der Waals surface area contributed by atoms with Crippen molar-refractivity contribution in [2.75, 3.05) is 12.8 Å². The number of nitrogens with zero attached hydrogens (tertiary/aromatic N) is 1. The molecule has 0 radical (unpaired) electrons. The zero-order valence-electron chi connectivity index (χ0n) is 13.2. The van der Waals surface area contributed by atoms with Crippen LogP contribution in [0.4, 0.5) is 0 Å². The van der Waals surface area contributed by atoms with E-state index in [0.29, 0.717) is 12.0 Å². The van der Waals surface area contributed by atoms with Crippen LogP contribution < -0.4 is 0 Å². The molecule has 0 fully saturated rings. The Bertz CT molecular complexity index is 681. The third-order valence-electron chi connectivity index (χ3n) is 3.56. The Morgan fingerprint density at radius 2 is 1.91 bits per heavy atom. The van der Waals surface area contributed by atoms with Crippen molar-refractivity contribution < 1.29 is 23.1 Å². The first-order valence-corrected chi connectivity index (χ1v) is 8.80. The van der Waals surface area contributed by atoms with Gasteiger partial charge in [0.15, 0.2) is 9.84 Å². The molecule has 0 bridgehead atoms. The van der Waals surface area contributed by atoms with Gasteiger partial charge in [-0.1, -0.05) is 13.0 Å². The zero-order chi connectivity index (χ0) is 17.1. The van der Waals surface area contributed by atoms with Crippen LogP contribution in [-0.4, -0.2) is 49.1 Å². The molecule has 1 rings (SSSR count). The van der Waals surface area contributed by atoms with E-state index in [9.17, 15) is 18.0 Å². The second kappa shape index (κ2) is 6.91. The van der Waals surface area contributed by atoms with Gasteiger partial charge in [-0.15, -0.1) is 0 Å². The van der Waals surface area contributed by atoms with Crippen LogP contribution in [0.5, 0.6) is 0 Å². The largest absolute Gasteiger partial charge is 0.480 e. The lowest BCUT2D eigenvalue weighted by atomic mass is 10.1. The lowest BCUT2D eigenvalue weighted by molar-refractivity contribution is -0.138. The zero-order valence-corrected chi connectivity index (χ0v) is 14.0. The summed E-state index contributed by atoms with van der Waals surface area (Å²) in [5, 5.41) is 8.99. The normalized spacial score (nSPS) is 12.7. The van der Waals surface area contributed by atoms with Crippen LogP contribution in [0.2, 0.25) is 0 Å². The number of benzene rings is 1. The van der Waals surface area contributed by atoms with Gasteiger partial charge in [0.25, 0.3) is 5.91 Å². The van der Waals surface area contributed by atoms with Crippen LogP contribution >= 0.6 is 0 Å². The maximum Gasteiger partial charge on any atom is 0.323 e. The second-order valence-corrected chi connectivity index (χ2v) is 7.35. The number of carbonyl (C=O) groups is 2. The molecule has 6 nitrogen and oxygen atoms in total. The van der Waals surface area contributed by atoms with Crippen molar-refractivity contribution in [1.29, 1.82) is 0 Å². The monoisotopic (exact) mass is 327 g/mol. The lowest BCUT2D eigenvalue weighted by Gasteiger charge is -2.27. The van der Waals surface area contributed by atoms with E-state index >= 15 is 0 Å². The number of carbonyl (C=O) groups excluding carboxylic acids is 1. The highest BCUT2D eigenvalue weighted by atomic mass is 32.2. The van der Waals surface area contributed by atoms with Gasteiger partial charge in [-0.2, -0.15) is 0 Å². The van der Waals surface area contributed by atoms with Crippen molar-refractivity contribution in [3.63, 3.8) is 0 Å². The standard InChI is InChI=1S/C15H21NO5S/c1-5-11(3)16(9-14(17)18)15(19)13-8-12(22(4,20)21)7-6-10(13)2/h6-8,11H,5,9H2,1-4H3,(H,17,18). The van der Waals surface area contributed by atoms with E-state index in [1.54, 1.807) is 19.9 Å². The third-order valence-corrected chi connectivity index (χ3v) is 4.67. The minimum absolute atomic E-state index is 0.0425. The first-order valence-electron chi connectivity index (χ1n) is 6.91. The van der Waals surface area contributed by atoms with E-state index in [-0.39, 0.29) is 16.5 Å². The summed E-state index contributed by atoms with van der Waals surface area (Å²) in [7, 11) is -3.44. The quantitative estimate of drug-likeness (QED) is 0.859. The van der Waals surface area contributed by atoms with Crippen molar-refractivity contribution >= 4 is 21.7 Å². The number of carboxylic acids is 1. The topological polar surface area (TPSA) is 91.8 Å². The lowest BCUT2D eigenvalue weighted by Crippen LogP contribution is -2.42. The van der Waals surface area contributed by atoms with Gasteiger partial charge in [0.1, 0.15) is 6.54 Å². The first kappa shape index (κ1) is 18.2. The van der Waals surface area contributed by atoms with Gasteiger partial charge in [0.2, 0.25) is 0 Å². The minimum Gasteiger partial charge on any atom is -0.480 e. The fraction of sp³-hybridized carbons (Fsp3) is 0.467. The predicted octanol–water partition coefficient (Wildman–Crippen LogP) is 1.72. The molecule has 0 saturated heterocycles. The maximum atomic E-state index is 12.6. The molecule has 1 amide bonds. The highest BCUT2D eigenvalue weighted by Crippen LogP contribution is 2.19. The number of hydrogen-bond acceptors (Lipinski definition) is 4. The number of amides is 1. The third kappa shape index (κ3) is 4.30. The summed E-state index contributed by atoms with van der Waals surface area (Å²) in [4.78, 5) is 24.9. The second-order valence-electron chi connectivity index (χ2n) is 5.33. The van der Waals surface area contributed by atoms with E-state index in [0.717, 1.165) is 6.26 Å². The van der Waals surface area contributed by atoms with Gasteiger partial charge in [-0.3, -0.25) is 9.59 Å². The molecular formula is C15H21NO5S. The Morgan fingerprint density at radius 3 is 2.36 bits per heavy atom. The van der Waals surface area contributed by atoms with E-state index in [4.69, 9.17) is 5.11 Å². The molecule has 0 aliphatic rings. The van der Waals surface area contributed by atoms with Crippen molar-refractivity contribution in [2.24, 2.45) is 0 Å². The number of aliphatic carboxylic acids is 1. The Kier molecular flexibility index (Phi) is 5.71. The van der Waals surface area contributed by atoms with Crippen LogP contribution in [0.25, 0.3) is 0 Å². The summed E-state index contributed by atoms with van der Waals surface area (Å²) in [6.45, 7) is 4.88. The van der Waals surface area contributed by atoms with E-state index in [1.165, 1.54) is 17.0 Å². The Labute approximate surface area is 130 Å². The molecule has 1 atom stereocenters. The average molecular weight is 327 g/mol. The van der Waals surface area contributed by atoms with Gasteiger partial charge in [-0.25, -0.2) is 8.42 Å². The maximum absolute atomic E-state index is 12.6. The smallest absolute Gasteiger partial charge is 0.323 e. The SMILES string of the molecule is CCC(C)N(CC(=O)O)C(=O)c1cc(S(C)(=O)=O)ccc1C. The number of aryl methyl sites for hydroxylation is 1. The van der Waals surface area contributed by atoms with Gasteiger partial charge in [0, 0.05) is 17.9 Å². The molecule has 0 aliphatic heterocycles. The molecule has 0 saturated carbocycles. The molecule has 1 aromatic rings. The molecule has 0 heterocycles. The summed E-state index contributed by atoms with van der Waals surface area (Å²) < 4.78 is 23.3. The Hall–Kier alpha value is -1.89. The summed E-state index contributed by atoms with van der Waals surface area (Å²) >= 11 is 0. The van der Waals surface area contributed by atoms with E-state index in [2.05, 4.69) is 0 Å². The minimum atomic E-state index is -3.44. The van der Waals surface area contributed by atoms with Crippen molar-refractivity contribution in [3.05, 3.63) is 29.3 Å². The summed E-state index contributed by atoms with van der Waals surface area (Å²) in [6, 6.07) is 4.04. The molecule has 122 valence electrons. The molecule has 0 aliphatic carbocycles. The summed E-state index contributed by atoms with van der Waals surface area (Å²) in [5.74, 6) is -1.58. The van der Waals surface area contributed by atoms with Crippen LogP contribution in [0.15, 0.2) is 23.1 Å². The van der Waals surface area contributed by atoms with Crippen LogP contribution in [-0.2, 0) is 14.6 Å². The van der Waals surface area contributed by atoms with Crippen LogP contribution in [0.3, 0.4) is 0 Å². The summed E-state index contributed by atoms with van der Waals surface area (Å²) in [6.07, 6.45) is 1.67. The van der Waals surface area contributed by atoms with Crippen molar-refractivity contribution in [1.82, 2.24) is 4.90 Å². The summed E-state index contributed by atoms with van der Waals surface area (Å²) in [5.41, 5.74) is 0.820. The van der Waals surface area contributed by atoms with Gasteiger partial charge in [0.05, 0.1) is 4.90 Å². The van der Waals surface area contributed by atoms with Crippen molar-refractivity contribution in [2.45, 2.75) is 38.1 Å². The number of rotatable bonds is 6. The van der Waals surface area contributed by atoms with Crippen LogP contribution in [0.1, 0.15) is 36.2 Å². The fourth-order valence-electron chi connectivity index (χ4n) is 2.01. The number of hydrogen-bond donors (Lipinski definition) is 1. The molecule has 1 aromatic carbocycles. The molecule has 1 N–H and O–H groups in total. The number of sulfone groups is 1. The average Bonchev–Trinajstić information content (AvgIpc) is 2.42. The highest BCUT2D eigenvalue weighted by Gasteiger charge is 2.25. The molecule has 1 unspecified atom stereocenters. The van der Waals surface area contributed by atoms with Gasteiger partial charge >= 0.3 is 5.97 Å².